The van der Waals surface area contributed by atoms with E-state index in [-0.39, 0.29) is 10.4 Å². The molecule has 0 spiro atoms. The van der Waals surface area contributed by atoms with Gasteiger partial charge in [0, 0.05) is 5.38 Å². The fraction of sp³-hybridized carbons (Fsp3) is 0.286. The molecular weight excluding hydrogens is 169 g/mol. The van der Waals surface area contributed by atoms with Gasteiger partial charge < -0.3 is 0 Å². The number of halogens is 2. The van der Waals surface area contributed by atoms with Crippen LogP contribution in [0.25, 0.3) is 0 Å². The van der Waals surface area contributed by atoms with E-state index in [4.69, 9.17) is 28.5 Å². The third-order valence-electron chi connectivity index (χ3n) is 0.726. The van der Waals surface area contributed by atoms with Crippen LogP contribution in [-0.4, -0.2) is 5.38 Å². The summed E-state index contributed by atoms with van der Waals surface area (Å²) in [5.41, 5.74) is 0. The van der Waals surface area contributed by atoms with Crippen molar-refractivity contribution >= 4 is 23.2 Å². The molecule has 0 aromatic heterocycles. The van der Waals surface area contributed by atoms with Crippen LogP contribution < -0.4 is 0 Å². The van der Waals surface area contributed by atoms with Crippen molar-refractivity contribution in [1.82, 2.24) is 0 Å². The first-order valence-electron chi connectivity index (χ1n) is 2.75. The van der Waals surface area contributed by atoms with E-state index in [1.165, 1.54) is 6.08 Å². The molecule has 0 radical (unpaired) electrons. The van der Waals surface area contributed by atoms with Crippen molar-refractivity contribution in [2.75, 3.05) is 0 Å². The lowest BCUT2D eigenvalue weighted by molar-refractivity contribution is 1.23. The second kappa shape index (κ2) is 5.34. The monoisotopic (exact) mass is 175 g/mol. The van der Waals surface area contributed by atoms with Crippen LogP contribution in [0.1, 0.15) is 6.92 Å². The highest BCUT2D eigenvalue weighted by Crippen LogP contribution is 2.00. The van der Waals surface area contributed by atoms with E-state index in [0.29, 0.717) is 0 Å². The largest absolute Gasteiger partial charge is 0.191 e. The summed E-state index contributed by atoms with van der Waals surface area (Å²) in [7, 11) is 0. The molecule has 0 saturated carbocycles. The van der Waals surface area contributed by atoms with Crippen LogP contribution in [0.3, 0.4) is 0 Å². The van der Waals surface area contributed by atoms with Crippen LogP contribution in [0.15, 0.2) is 23.3 Å². The van der Waals surface area contributed by atoms with Gasteiger partial charge in [-0.2, -0.15) is 5.26 Å². The summed E-state index contributed by atoms with van der Waals surface area (Å²) >= 11 is 10.9. The van der Waals surface area contributed by atoms with Gasteiger partial charge in [-0.25, -0.2) is 0 Å². The Morgan fingerprint density at radius 2 is 2.30 bits per heavy atom. The molecular formula is C7H7Cl2N. The third kappa shape index (κ3) is 5.68. The molecule has 0 aliphatic rings. The molecule has 0 amide bonds. The van der Waals surface area contributed by atoms with E-state index >= 15 is 0 Å². The van der Waals surface area contributed by atoms with Crippen LogP contribution in [0.4, 0.5) is 0 Å². The zero-order valence-electron chi connectivity index (χ0n) is 5.51. The molecule has 54 valence electrons. The smallest absolute Gasteiger partial charge is 0.118 e. The average molecular weight is 176 g/mol. The zero-order chi connectivity index (χ0) is 7.98. The van der Waals surface area contributed by atoms with Crippen molar-refractivity contribution in [3.8, 4) is 6.07 Å². The number of allylic oxidation sites excluding steroid dienone is 4. The predicted molar refractivity (Wildman–Crippen MR) is 44.0 cm³/mol. The summed E-state index contributed by atoms with van der Waals surface area (Å²) < 4.78 is 0. The lowest BCUT2D eigenvalue weighted by atomic mass is 10.4. The van der Waals surface area contributed by atoms with Gasteiger partial charge in [0.05, 0.1) is 0 Å². The molecule has 0 N–H and O–H groups in total. The Balaban J connectivity index is 3.85. The van der Waals surface area contributed by atoms with Crippen LogP contribution in [0.5, 0.6) is 0 Å². The van der Waals surface area contributed by atoms with Gasteiger partial charge in [-0.1, -0.05) is 23.8 Å². The van der Waals surface area contributed by atoms with E-state index < -0.39 is 0 Å². The maximum absolute atomic E-state index is 8.18. The Labute approximate surface area is 70.5 Å². The highest BCUT2D eigenvalue weighted by atomic mass is 35.5. The van der Waals surface area contributed by atoms with Gasteiger partial charge in [-0.3, -0.25) is 0 Å². The Morgan fingerprint density at radius 3 is 2.70 bits per heavy atom. The molecule has 0 fully saturated rings. The molecule has 10 heavy (non-hydrogen) atoms. The number of nitrogens with zero attached hydrogens (tertiary/aromatic N) is 1. The standard InChI is InChI=1S/C7H7Cl2N/c1-6(8)3-2-4-7(9)5-10/h2-4,6H,1H3/b3-2+,7-4+. The maximum atomic E-state index is 8.18. The molecule has 1 atom stereocenters. The van der Waals surface area contributed by atoms with Gasteiger partial charge in [0.15, 0.2) is 0 Å². The van der Waals surface area contributed by atoms with Crippen molar-refractivity contribution in [3.05, 3.63) is 23.3 Å². The quantitative estimate of drug-likeness (QED) is 0.360. The minimum absolute atomic E-state index is 0.0283. The lowest BCUT2D eigenvalue weighted by Gasteiger charge is -1.86. The van der Waals surface area contributed by atoms with Crippen LogP contribution in [0, 0.1) is 11.3 Å². The van der Waals surface area contributed by atoms with Crippen LogP contribution in [-0.2, 0) is 0 Å². The molecule has 0 aromatic carbocycles. The molecule has 1 unspecified atom stereocenters. The zero-order valence-corrected chi connectivity index (χ0v) is 7.02. The second-order valence-electron chi connectivity index (χ2n) is 1.69. The van der Waals surface area contributed by atoms with Crippen molar-refractivity contribution in [3.63, 3.8) is 0 Å². The topological polar surface area (TPSA) is 23.8 Å². The Morgan fingerprint density at radius 1 is 1.70 bits per heavy atom. The summed E-state index contributed by atoms with van der Waals surface area (Å²) in [6.45, 7) is 1.83. The summed E-state index contributed by atoms with van der Waals surface area (Å²) in [6.07, 6.45) is 4.89. The van der Waals surface area contributed by atoms with Gasteiger partial charge in [-0.15, -0.1) is 11.6 Å². The van der Waals surface area contributed by atoms with Crippen molar-refractivity contribution < 1.29 is 0 Å². The molecule has 0 aliphatic carbocycles. The SMILES string of the molecule is CC(Cl)/C=C/C=C(/Cl)C#N. The van der Waals surface area contributed by atoms with Crippen LogP contribution >= 0.6 is 23.2 Å². The van der Waals surface area contributed by atoms with E-state index in [1.807, 2.05) is 6.92 Å². The summed E-state index contributed by atoms with van der Waals surface area (Å²) in [5.74, 6) is 0. The fourth-order valence-electron chi connectivity index (χ4n) is 0.330. The number of rotatable bonds is 2. The number of hydrogen-bond acceptors (Lipinski definition) is 1. The number of hydrogen-bond donors (Lipinski definition) is 0. The Bertz CT molecular complexity index is 186. The fourth-order valence-corrected chi connectivity index (χ4v) is 0.487. The summed E-state index contributed by atoms with van der Waals surface area (Å²) in [5, 5.41) is 8.32. The first-order valence-corrected chi connectivity index (χ1v) is 3.56. The molecule has 3 heteroatoms. The highest BCUT2D eigenvalue weighted by Gasteiger charge is 1.84. The van der Waals surface area contributed by atoms with Crippen molar-refractivity contribution in [1.29, 1.82) is 5.26 Å². The molecule has 0 bridgehead atoms. The van der Waals surface area contributed by atoms with Gasteiger partial charge in [0.2, 0.25) is 0 Å². The van der Waals surface area contributed by atoms with Crippen molar-refractivity contribution in [2.24, 2.45) is 0 Å². The molecule has 0 rings (SSSR count). The van der Waals surface area contributed by atoms with E-state index in [9.17, 15) is 0 Å². The first kappa shape index (κ1) is 9.55. The van der Waals surface area contributed by atoms with E-state index in [1.54, 1.807) is 18.2 Å². The number of alkyl halides is 1. The minimum atomic E-state index is -0.0283. The molecule has 1 nitrogen and oxygen atoms in total. The normalized spacial score (nSPS) is 15.2. The second-order valence-corrected chi connectivity index (χ2v) is 2.78. The molecule has 0 heterocycles. The predicted octanol–water partition coefficient (Wildman–Crippen LogP) is 2.82. The Hall–Kier alpha value is -0.450. The highest BCUT2D eigenvalue weighted by molar-refractivity contribution is 6.32. The van der Waals surface area contributed by atoms with Crippen LogP contribution in [0.2, 0.25) is 0 Å². The van der Waals surface area contributed by atoms with Gasteiger partial charge in [0.25, 0.3) is 0 Å². The minimum Gasteiger partial charge on any atom is -0.191 e. The van der Waals surface area contributed by atoms with E-state index in [0.717, 1.165) is 0 Å². The summed E-state index contributed by atoms with van der Waals surface area (Å²) in [6, 6.07) is 1.77. The summed E-state index contributed by atoms with van der Waals surface area (Å²) in [4.78, 5) is 0. The first-order chi connectivity index (χ1) is 4.66. The molecule has 0 aliphatic heterocycles. The Kier molecular flexibility index (Phi) is 5.10. The average Bonchev–Trinajstić information content (AvgIpc) is 1.87. The maximum Gasteiger partial charge on any atom is 0.118 e. The lowest BCUT2D eigenvalue weighted by Crippen LogP contribution is -1.78. The van der Waals surface area contributed by atoms with Crippen molar-refractivity contribution in [2.45, 2.75) is 12.3 Å². The van der Waals surface area contributed by atoms with Gasteiger partial charge >= 0.3 is 0 Å². The number of nitriles is 1. The van der Waals surface area contributed by atoms with Gasteiger partial charge in [-0.05, 0) is 13.0 Å². The molecule has 0 aromatic rings. The van der Waals surface area contributed by atoms with Gasteiger partial charge in [0.1, 0.15) is 11.1 Å². The third-order valence-corrected chi connectivity index (χ3v) is 1.08. The molecule has 0 saturated heterocycles. The van der Waals surface area contributed by atoms with E-state index in [2.05, 4.69) is 0 Å².